The maximum absolute atomic E-state index is 13.4. The number of rotatable bonds is 8. The Labute approximate surface area is 193 Å². The molecule has 1 amide bonds. The highest BCUT2D eigenvalue weighted by Gasteiger charge is 2.23. The van der Waals surface area contributed by atoms with E-state index < -0.39 is 18.0 Å². The molecule has 0 saturated carbocycles. The molecular weight excluding hydrogens is 443 g/mol. The SMILES string of the molecule is NC(=O)C(OC(=O)CSc1nnc(-c2ccc(F)cc2)n1-c1ccccc1)c1ccccc1. The maximum atomic E-state index is 13.4. The number of aromatic nitrogens is 3. The summed E-state index contributed by atoms with van der Waals surface area (Å²) < 4.78 is 20.5. The first-order chi connectivity index (χ1) is 16.0. The van der Waals surface area contributed by atoms with Gasteiger partial charge in [-0.25, -0.2) is 4.39 Å². The van der Waals surface area contributed by atoms with Gasteiger partial charge in [0.05, 0.1) is 5.75 Å². The Balaban J connectivity index is 1.56. The van der Waals surface area contributed by atoms with Crippen LogP contribution in [0.15, 0.2) is 90.1 Å². The van der Waals surface area contributed by atoms with Crippen LogP contribution in [0.5, 0.6) is 0 Å². The summed E-state index contributed by atoms with van der Waals surface area (Å²) in [5.74, 6) is -1.37. The van der Waals surface area contributed by atoms with Crippen molar-refractivity contribution in [1.29, 1.82) is 0 Å². The molecule has 1 atom stereocenters. The second kappa shape index (κ2) is 10.1. The first-order valence-corrected chi connectivity index (χ1v) is 10.9. The normalized spacial score (nSPS) is 11.7. The van der Waals surface area contributed by atoms with E-state index in [4.69, 9.17) is 10.5 Å². The summed E-state index contributed by atoms with van der Waals surface area (Å²) >= 11 is 1.11. The van der Waals surface area contributed by atoms with E-state index in [9.17, 15) is 14.0 Å². The van der Waals surface area contributed by atoms with E-state index in [-0.39, 0.29) is 11.6 Å². The lowest BCUT2D eigenvalue weighted by Gasteiger charge is -2.15. The summed E-state index contributed by atoms with van der Waals surface area (Å²) in [7, 11) is 0. The Bertz CT molecular complexity index is 1250. The molecule has 4 aromatic rings. The van der Waals surface area contributed by atoms with Crippen LogP contribution in [-0.2, 0) is 14.3 Å². The molecule has 2 N–H and O–H groups in total. The van der Waals surface area contributed by atoms with Crippen LogP contribution in [0.25, 0.3) is 17.1 Å². The fourth-order valence-electron chi connectivity index (χ4n) is 3.17. The number of para-hydroxylation sites is 1. The van der Waals surface area contributed by atoms with E-state index in [1.807, 2.05) is 30.3 Å². The number of nitrogens with two attached hydrogens (primary N) is 1. The van der Waals surface area contributed by atoms with Crippen LogP contribution in [0.1, 0.15) is 11.7 Å². The molecule has 1 unspecified atom stereocenters. The Morgan fingerprint density at radius 1 is 0.939 bits per heavy atom. The van der Waals surface area contributed by atoms with Gasteiger partial charge in [0, 0.05) is 16.8 Å². The van der Waals surface area contributed by atoms with Gasteiger partial charge >= 0.3 is 5.97 Å². The van der Waals surface area contributed by atoms with E-state index in [0.29, 0.717) is 22.1 Å². The van der Waals surface area contributed by atoms with Gasteiger partial charge in [-0.3, -0.25) is 14.2 Å². The number of nitrogens with zero attached hydrogens (tertiary/aromatic N) is 3. The monoisotopic (exact) mass is 462 g/mol. The summed E-state index contributed by atoms with van der Waals surface area (Å²) in [5, 5.41) is 8.91. The molecule has 9 heteroatoms. The van der Waals surface area contributed by atoms with Gasteiger partial charge in [0.25, 0.3) is 5.91 Å². The van der Waals surface area contributed by atoms with Crippen LogP contribution in [0, 0.1) is 5.82 Å². The predicted molar refractivity (Wildman–Crippen MR) is 122 cm³/mol. The van der Waals surface area contributed by atoms with E-state index in [1.54, 1.807) is 47.0 Å². The second-order valence-corrected chi connectivity index (χ2v) is 7.90. The molecule has 0 aliphatic heterocycles. The number of esters is 1. The number of amides is 1. The Morgan fingerprint density at radius 2 is 1.58 bits per heavy atom. The van der Waals surface area contributed by atoms with Gasteiger partial charge < -0.3 is 10.5 Å². The number of hydrogen-bond acceptors (Lipinski definition) is 6. The third-order valence-electron chi connectivity index (χ3n) is 4.68. The second-order valence-electron chi connectivity index (χ2n) is 6.96. The standard InChI is InChI=1S/C24H19FN4O3S/c25-18-13-11-17(12-14-18)23-27-28-24(29(23)19-9-5-2-6-10-19)33-15-20(30)32-21(22(26)31)16-7-3-1-4-8-16/h1-14,21H,15H2,(H2,26,31). The van der Waals surface area contributed by atoms with Gasteiger partial charge in [-0.2, -0.15) is 0 Å². The van der Waals surface area contributed by atoms with Crippen molar-refractivity contribution in [3.8, 4) is 17.1 Å². The third-order valence-corrected chi connectivity index (χ3v) is 5.58. The van der Waals surface area contributed by atoms with Crippen molar-refractivity contribution in [3.05, 3.63) is 96.3 Å². The van der Waals surface area contributed by atoms with Gasteiger partial charge in [-0.15, -0.1) is 10.2 Å². The van der Waals surface area contributed by atoms with E-state index >= 15 is 0 Å². The molecule has 0 saturated heterocycles. The van der Waals surface area contributed by atoms with Crippen molar-refractivity contribution >= 4 is 23.6 Å². The van der Waals surface area contributed by atoms with Gasteiger partial charge in [0.2, 0.25) is 6.10 Å². The first kappa shape index (κ1) is 22.2. The fourth-order valence-corrected chi connectivity index (χ4v) is 3.90. The van der Waals surface area contributed by atoms with Crippen molar-refractivity contribution < 1.29 is 18.7 Å². The number of hydrogen-bond donors (Lipinski definition) is 1. The minimum atomic E-state index is -1.18. The highest BCUT2D eigenvalue weighted by molar-refractivity contribution is 7.99. The quantitative estimate of drug-likeness (QED) is 0.315. The molecule has 0 radical (unpaired) electrons. The van der Waals surface area contributed by atoms with Crippen LogP contribution in [-0.4, -0.2) is 32.4 Å². The topological polar surface area (TPSA) is 100 Å². The smallest absolute Gasteiger partial charge is 0.317 e. The Kier molecular flexibility index (Phi) is 6.80. The fraction of sp³-hybridized carbons (Fsp3) is 0.0833. The molecule has 1 heterocycles. The lowest BCUT2D eigenvalue weighted by atomic mass is 10.1. The number of thioether (sulfide) groups is 1. The lowest BCUT2D eigenvalue weighted by Crippen LogP contribution is -2.26. The van der Waals surface area contributed by atoms with Crippen LogP contribution in [0.4, 0.5) is 4.39 Å². The van der Waals surface area contributed by atoms with E-state index in [1.165, 1.54) is 12.1 Å². The molecule has 1 aromatic heterocycles. The number of halogens is 1. The largest absolute Gasteiger partial charge is 0.447 e. The van der Waals surface area contributed by atoms with Crippen molar-refractivity contribution in [1.82, 2.24) is 14.8 Å². The molecule has 166 valence electrons. The molecule has 33 heavy (non-hydrogen) atoms. The van der Waals surface area contributed by atoms with Crippen LogP contribution in [0.3, 0.4) is 0 Å². The summed E-state index contributed by atoms with van der Waals surface area (Å²) in [5.41, 5.74) is 7.36. The zero-order valence-corrected chi connectivity index (χ0v) is 18.1. The number of benzene rings is 3. The molecule has 3 aromatic carbocycles. The van der Waals surface area contributed by atoms with Gasteiger partial charge in [-0.05, 0) is 36.4 Å². The van der Waals surface area contributed by atoms with Crippen molar-refractivity contribution in [2.45, 2.75) is 11.3 Å². The summed E-state index contributed by atoms with van der Waals surface area (Å²) in [6.45, 7) is 0. The highest BCUT2D eigenvalue weighted by Crippen LogP contribution is 2.28. The van der Waals surface area contributed by atoms with Crippen molar-refractivity contribution in [2.75, 3.05) is 5.75 Å². The lowest BCUT2D eigenvalue weighted by molar-refractivity contribution is -0.152. The van der Waals surface area contributed by atoms with Crippen molar-refractivity contribution in [3.63, 3.8) is 0 Å². The van der Waals surface area contributed by atoms with Crippen LogP contribution < -0.4 is 5.73 Å². The average Bonchev–Trinajstić information content (AvgIpc) is 3.26. The van der Waals surface area contributed by atoms with Gasteiger partial charge in [0.1, 0.15) is 5.82 Å². The molecule has 0 aliphatic rings. The minimum Gasteiger partial charge on any atom is -0.447 e. The highest BCUT2D eigenvalue weighted by atomic mass is 32.2. The molecule has 7 nitrogen and oxygen atoms in total. The molecule has 0 aliphatic carbocycles. The number of carbonyl (C=O) groups is 2. The van der Waals surface area contributed by atoms with E-state index in [0.717, 1.165) is 17.4 Å². The molecule has 0 bridgehead atoms. The summed E-state index contributed by atoms with van der Waals surface area (Å²) in [6, 6.07) is 23.8. The van der Waals surface area contributed by atoms with Crippen LogP contribution in [0.2, 0.25) is 0 Å². The Hall–Kier alpha value is -3.98. The zero-order chi connectivity index (χ0) is 23.2. The number of carbonyl (C=O) groups excluding carboxylic acids is 2. The van der Waals surface area contributed by atoms with Gasteiger partial charge in [-0.1, -0.05) is 60.3 Å². The minimum absolute atomic E-state index is 0.120. The third kappa shape index (κ3) is 5.27. The molecule has 0 spiro atoms. The summed E-state index contributed by atoms with van der Waals surface area (Å²) in [6.07, 6.45) is -1.18. The predicted octanol–water partition coefficient (Wildman–Crippen LogP) is 3.94. The average molecular weight is 463 g/mol. The molecule has 0 fully saturated rings. The van der Waals surface area contributed by atoms with Crippen LogP contribution >= 0.6 is 11.8 Å². The zero-order valence-electron chi connectivity index (χ0n) is 17.3. The first-order valence-electron chi connectivity index (χ1n) is 9.96. The van der Waals surface area contributed by atoms with E-state index in [2.05, 4.69) is 10.2 Å². The number of ether oxygens (including phenoxy) is 1. The molecular formula is C24H19FN4O3S. The maximum Gasteiger partial charge on any atom is 0.317 e. The van der Waals surface area contributed by atoms with Crippen molar-refractivity contribution in [2.24, 2.45) is 5.73 Å². The Morgan fingerprint density at radius 3 is 2.21 bits per heavy atom. The molecule has 4 rings (SSSR count). The summed E-state index contributed by atoms with van der Waals surface area (Å²) in [4.78, 5) is 24.3. The number of primary amides is 1. The van der Waals surface area contributed by atoms with Gasteiger partial charge in [0.15, 0.2) is 11.0 Å².